The number of aromatic nitrogens is 1. The standard InChI is InChI=1S/C19H26N4O2/c1-5-12-24-18-9-7-6-8-16(18)13-22-19(20-4)21-11-10-17-14(2)23-25-15(17)3/h5-9H,1,10-13H2,2-4H3,(H2,20,21,22). The number of benzene rings is 1. The van der Waals surface area contributed by atoms with Gasteiger partial charge < -0.3 is 19.9 Å². The zero-order chi connectivity index (χ0) is 18.1. The molecule has 2 aromatic rings. The molecule has 6 heteroatoms. The summed E-state index contributed by atoms with van der Waals surface area (Å²) in [7, 11) is 1.76. The SMILES string of the molecule is C=CCOc1ccccc1CNC(=NC)NCCc1c(C)noc1C. The van der Waals surface area contributed by atoms with E-state index in [1.807, 2.05) is 38.1 Å². The first-order valence-electron chi connectivity index (χ1n) is 8.33. The molecule has 2 N–H and O–H groups in total. The van der Waals surface area contributed by atoms with Crippen LogP contribution >= 0.6 is 0 Å². The number of para-hydroxylation sites is 1. The predicted molar refractivity (Wildman–Crippen MR) is 100 cm³/mol. The molecule has 1 heterocycles. The molecule has 134 valence electrons. The smallest absolute Gasteiger partial charge is 0.191 e. The number of ether oxygens (including phenoxy) is 1. The average Bonchev–Trinajstić information content (AvgIpc) is 2.95. The Bertz CT molecular complexity index is 702. The Morgan fingerprint density at radius 3 is 2.80 bits per heavy atom. The number of rotatable bonds is 8. The largest absolute Gasteiger partial charge is 0.489 e. The first-order chi connectivity index (χ1) is 12.2. The number of nitrogens with zero attached hydrogens (tertiary/aromatic N) is 2. The zero-order valence-electron chi connectivity index (χ0n) is 15.1. The van der Waals surface area contributed by atoms with Gasteiger partial charge in [-0.3, -0.25) is 4.99 Å². The van der Waals surface area contributed by atoms with Crippen molar-refractivity contribution in [3.8, 4) is 5.75 Å². The molecule has 0 radical (unpaired) electrons. The molecule has 0 aliphatic rings. The summed E-state index contributed by atoms with van der Waals surface area (Å²) < 4.78 is 10.9. The van der Waals surface area contributed by atoms with Gasteiger partial charge in [0.1, 0.15) is 18.1 Å². The molecule has 0 aliphatic carbocycles. The van der Waals surface area contributed by atoms with Crippen LogP contribution < -0.4 is 15.4 Å². The summed E-state index contributed by atoms with van der Waals surface area (Å²) in [6, 6.07) is 7.93. The van der Waals surface area contributed by atoms with Crippen molar-refractivity contribution >= 4 is 5.96 Å². The number of hydrogen-bond acceptors (Lipinski definition) is 4. The van der Waals surface area contributed by atoms with E-state index in [-0.39, 0.29) is 0 Å². The van der Waals surface area contributed by atoms with Crippen LogP contribution in [0.4, 0.5) is 0 Å². The van der Waals surface area contributed by atoms with Crippen molar-refractivity contribution in [2.24, 2.45) is 4.99 Å². The Morgan fingerprint density at radius 1 is 1.32 bits per heavy atom. The van der Waals surface area contributed by atoms with E-state index in [1.54, 1.807) is 13.1 Å². The van der Waals surface area contributed by atoms with Crippen LogP contribution in [0.25, 0.3) is 0 Å². The highest BCUT2D eigenvalue weighted by molar-refractivity contribution is 5.79. The van der Waals surface area contributed by atoms with Crippen molar-refractivity contribution in [3.05, 3.63) is 59.5 Å². The van der Waals surface area contributed by atoms with E-state index >= 15 is 0 Å². The third-order valence-corrected chi connectivity index (χ3v) is 3.85. The maximum atomic E-state index is 5.67. The van der Waals surface area contributed by atoms with E-state index in [0.29, 0.717) is 13.2 Å². The van der Waals surface area contributed by atoms with Gasteiger partial charge in [0.2, 0.25) is 0 Å². The van der Waals surface area contributed by atoms with E-state index < -0.39 is 0 Å². The first-order valence-corrected chi connectivity index (χ1v) is 8.33. The van der Waals surface area contributed by atoms with Gasteiger partial charge in [-0.1, -0.05) is 36.0 Å². The maximum Gasteiger partial charge on any atom is 0.191 e. The predicted octanol–water partition coefficient (Wildman–Crippen LogP) is 2.76. The molecule has 25 heavy (non-hydrogen) atoms. The fourth-order valence-corrected chi connectivity index (χ4v) is 2.50. The monoisotopic (exact) mass is 342 g/mol. The van der Waals surface area contributed by atoms with Crippen LogP contribution in [0.3, 0.4) is 0 Å². The second kappa shape index (κ2) is 9.52. The summed E-state index contributed by atoms with van der Waals surface area (Å²) in [5, 5.41) is 10.6. The second-order valence-corrected chi connectivity index (χ2v) is 5.61. The minimum atomic E-state index is 0.488. The molecule has 0 amide bonds. The van der Waals surface area contributed by atoms with Crippen molar-refractivity contribution in [1.82, 2.24) is 15.8 Å². The fraction of sp³-hybridized carbons (Fsp3) is 0.368. The molecule has 1 aromatic carbocycles. The highest BCUT2D eigenvalue weighted by atomic mass is 16.5. The van der Waals surface area contributed by atoms with Gasteiger partial charge in [0, 0.05) is 31.3 Å². The van der Waals surface area contributed by atoms with E-state index in [9.17, 15) is 0 Å². The maximum absolute atomic E-state index is 5.67. The molecule has 6 nitrogen and oxygen atoms in total. The van der Waals surface area contributed by atoms with Gasteiger partial charge in [-0.2, -0.15) is 0 Å². The van der Waals surface area contributed by atoms with E-state index in [4.69, 9.17) is 9.26 Å². The van der Waals surface area contributed by atoms with Gasteiger partial charge in [-0.05, 0) is 26.3 Å². The highest BCUT2D eigenvalue weighted by Gasteiger charge is 2.09. The molecule has 1 aromatic heterocycles. The van der Waals surface area contributed by atoms with Gasteiger partial charge in [0.15, 0.2) is 5.96 Å². The van der Waals surface area contributed by atoms with Crippen LogP contribution in [0.2, 0.25) is 0 Å². The molecule has 0 atom stereocenters. The minimum absolute atomic E-state index is 0.488. The summed E-state index contributed by atoms with van der Waals surface area (Å²) in [6.07, 6.45) is 2.57. The Balaban J connectivity index is 1.85. The van der Waals surface area contributed by atoms with Crippen molar-refractivity contribution in [2.45, 2.75) is 26.8 Å². The molecule has 0 unspecified atom stereocenters. The Morgan fingerprint density at radius 2 is 2.12 bits per heavy atom. The summed E-state index contributed by atoms with van der Waals surface area (Å²) >= 11 is 0. The normalized spacial score (nSPS) is 11.2. The third kappa shape index (κ3) is 5.38. The van der Waals surface area contributed by atoms with Crippen LogP contribution in [0.1, 0.15) is 22.6 Å². The van der Waals surface area contributed by atoms with E-state index in [1.165, 1.54) is 0 Å². The Labute approximate surface area is 149 Å². The molecule has 2 rings (SSSR count). The average molecular weight is 342 g/mol. The molecule has 0 fully saturated rings. The molecular weight excluding hydrogens is 316 g/mol. The molecule has 0 spiro atoms. The van der Waals surface area contributed by atoms with Crippen molar-refractivity contribution in [2.75, 3.05) is 20.2 Å². The number of guanidine groups is 1. The lowest BCUT2D eigenvalue weighted by Gasteiger charge is -2.14. The van der Waals surface area contributed by atoms with Crippen LogP contribution in [0, 0.1) is 13.8 Å². The minimum Gasteiger partial charge on any atom is -0.489 e. The van der Waals surface area contributed by atoms with E-state index in [2.05, 4.69) is 27.4 Å². The lowest BCUT2D eigenvalue weighted by Crippen LogP contribution is -2.38. The molecule has 0 bridgehead atoms. The molecular formula is C19H26N4O2. The topological polar surface area (TPSA) is 71.7 Å². The molecule has 0 aliphatic heterocycles. The summed E-state index contributed by atoms with van der Waals surface area (Å²) in [5.41, 5.74) is 3.15. The fourth-order valence-electron chi connectivity index (χ4n) is 2.50. The van der Waals surface area contributed by atoms with Crippen LogP contribution in [0.5, 0.6) is 5.75 Å². The lowest BCUT2D eigenvalue weighted by atomic mass is 10.1. The quantitative estimate of drug-likeness (QED) is 0.438. The van der Waals surface area contributed by atoms with Crippen LogP contribution in [-0.4, -0.2) is 31.3 Å². The van der Waals surface area contributed by atoms with Crippen LogP contribution in [-0.2, 0) is 13.0 Å². The van der Waals surface area contributed by atoms with E-state index in [0.717, 1.165) is 47.3 Å². The van der Waals surface area contributed by atoms with Gasteiger partial charge >= 0.3 is 0 Å². The van der Waals surface area contributed by atoms with Crippen molar-refractivity contribution < 1.29 is 9.26 Å². The van der Waals surface area contributed by atoms with Gasteiger partial charge in [-0.15, -0.1) is 0 Å². The second-order valence-electron chi connectivity index (χ2n) is 5.61. The third-order valence-electron chi connectivity index (χ3n) is 3.85. The van der Waals surface area contributed by atoms with Crippen molar-refractivity contribution in [3.63, 3.8) is 0 Å². The van der Waals surface area contributed by atoms with Gasteiger partial charge in [-0.25, -0.2) is 0 Å². The summed E-state index contributed by atoms with van der Waals surface area (Å²) in [5.74, 6) is 2.46. The number of nitrogens with one attached hydrogen (secondary N) is 2. The molecule has 0 saturated heterocycles. The Hall–Kier alpha value is -2.76. The number of hydrogen-bond donors (Lipinski definition) is 2. The zero-order valence-corrected chi connectivity index (χ0v) is 15.1. The number of aliphatic imine (C=N–C) groups is 1. The molecule has 0 saturated carbocycles. The van der Waals surface area contributed by atoms with Crippen LogP contribution in [0.15, 0.2) is 46.4 Å². The summed E-state index contributed by atoms with van der Waals surface area (Å²) in [4.78, 5) is 4.26. The van der Waals surface area contributed by atoms with Gasteiger partial charge in [0.05, 0.1) is 5.69 Å². The Kier molecular flexibility index (Phi) is 7.07. The summed E-state index contributed by atoms with van der Waals surface area (Å²) in [6.45, 7) is 9.43. The lowest BCUT2D eigenvalue weighted by molar-refractivity contribution is 0.358. The highest BCUT2D eigenvalue weighted by Crippen LogP contribution is 2.17. The first kappa shape index (κ1) is 18.6. The number of aryl methyl sites for hydroxylation is 2. The van der Waals surface area contributed by atoms with Crippen molar-refractivity contribution in [1.29, 1.82) is 0 Å². The van der Waals surface area contributed by atoms with Gasteiger partial charge in [0.25, 0.3) is 0 Å².